The van der Waals surface area contributed by atoms with Gasteiger partial charge in [-0.3, -0.25) is 0 Å². The highest BCUT2D eigenvalue weighted by atomic mass is 28.6. The third kappa shape index (κ3) is 8.19. The predicted octanol–water partition coefficient (Wildman–Crippen LogP) is 2.70. The van der Waals surface area contributed by atoms with Crippen LogP contribution >= 0.6 is 0 Å². The lowest BCUT2D eigenvalue weighted by Crippen LogP contribution is -2.85. The molecule has 12 nitrogen and oxygen atoms in total. The minimum atomic E-state index is -4.39. The van der Waals surface area contributed by atoms with Gasteiger partial charge in [0.05, 0.1) is 0 Å². The highest BCUT2D eigenvalue weighted by molar-refractivity contribution is 6.97. The quantitative estimate of drug-likeness (QED) is 0.247. The molecule has 3 heterocycles. The zero-order chi connectivity index (χ0) is 29.8. The van der Waals surface area contributed by atoms with E-state index in [4.69, 9.17) is 37.0 Å². The zero-order valence-corrected chi connectivity index (χ0v) is 32.3. The average Bonchev–Trinajstić information content (AvgIpc) is 2.76. The van der Waals surface area contributed by atoms with E-state index in [1.54, 1.807) is 0 Å². The van der Waals surface area contributed by atoms with E-state index in [9.17, 15) is 14.4 Å². The molecule has 3 aliphatic heterocycles. The van der Waals surface area contributed by atoms with Crippen molar-refractivity contribution in [2.75, 3.05) is 0 Å². The Bertz CT molecular complexity index is 711. The Morgan fingerprint density at radius 1 is 0.300 bits per heavy atom. The van der Waals surface area contributed by atoms with Crippen LogP contribution in [-0.2, 0) is 37.0 Å². The second-order valence-electron chi connectivity index (χ2n) is 10.9. The molecule has 0 aromatic heterocycles. The summed E-state index contributed by atoms with van der Waals surface area (Å²) in [7, 11) is -29.2. The summed E-state index contributed by atoms with van der Waals surface area (Å²) in [6, 6.07) is 1.21. The number of hydrogen-bond donors (Lipinski definition) is 0. The summed E-state index contributed by atoms with van der Waals surface area (Å²) in [6.07, 6.45) is 3.66. The monoisotopic (exact) mass is 689 g/mol. The fourth-order valence-corrected chi connectivity index (χ4v) is 42.3. The van der Waals surface area contributed by atoms with Gasteiger partial charge in [0.2, 0.25) is 26.4 Å². The predicted molar refractivity (Wildman–Crippen MR) is 156 cm³/mol. The lowest BCUT2D eigenvalue weighted by atomic mass is 10.6. The van der Waals surface area contributed by atoms with Crippen molar-refractivity contribution >= 4 is 61.6 Å². The molecule has 0 amide bonds. The van der Waals surface area contributed by atoms with Crippen LogP contribution in [0.15, 0.2) is 0 Å². The number of hydrogen-bond acceptors (Lipinski definition) is 12. The largest absolute Gasteiger partial charge is 0.817 e. The van der Waals surface area contributed by atoms with Crippen LogP contribution in [0.2, 0.25) is 42.3 Å². The van der Waals surface area contributed by atoms with Crippen molar-refractivity contribution in [3.8, 4) is 0 Å². The standard InChI is InChI=1S/C21H49O12Si7/c1-8-15-34(22)25-37(18-11-4)27-35(23,16-9-2)29-39(20-13-6)30-36(24,17-10-3)28-38(26-34,19-12-5)32-40(31-37,33-39)21-14-7/h8-21H2,1-7H3/q-3. The van der Waals surface area contributed by atoms with Gasteiger partial charge in [-0.1, -0.05) is 93.4 Å². The molecule has 0 spiro atoms. The molecule has 0 aromatic rings. The third-order valence-electron chi connectivity index (χ3n) is 6.69. The number of rotatable bonds is 14. The summed E-state index contributed by atoms with van der Waals surface area (Å²) in [6.45, 7) is 13.3. The Balaban J connectivity index is 2.38. The highest BCUT2D eigenvalue weighted by Gasteiger charge is 2.71. The lowest BCUT2D eigenvalue weighted by Gasteiger charge is -2.63. The van der Waals surface area contributed by atoms with Crippen LogP contribution in [0.3, 0.4) is 0 Å². The first-order valence-corrected chi connectivity index (χ1v) is 28.7. The third-order valence-corrected chi connectivity index (χ3v) is 36.9. The van der Waals surface area contributed by atoms with E-state index < -0.39 is 61.6 Å². The molecule has 0 aromatic carbocycles. The molecule has 3 aliphatic rings. The van der Waals surface area contributed by atoms with Gasteiger partial charge in [0.1, 0.15) is 0 Å². The Kier molecular flexibility index (Phi) is 12.4. The Morgan fingerprint density at radius 3 is 0.650 bits per heavy atom. The van der Waals surface area contributed by atoms with Crippen molar-refractivity contribution in [1.82, 2.24) is 0 Å². The van der Waals surface area contributed by atoms with E-state index in [1.165, 1.54) is 0 Å². The van der Waals surface area contributed by atoms with Gasteiger partial charge in [0.15, 0.2) is 0 Å². The first-order chi connectivity index (χ1) is 18.8. The molecule has 236 valence electrons. The van der Waals surface area contributed by atoms with Crippen molar-refractivity contribution in [2.45, 2.75) is 136 Å². The summed E-state index contributed by atoms with van der Waals surface area (Å²) in [4.78, 5) is 43.8. The van der Waals surface area contributed by atoms with Gasteiger partial charge in [-0.2, -0.15) is 0 Å². The molecular weight excluding hydrogens is 641 g/mol. The molecule has 0 saturated carbocycles. The summed E-state index contributed by atoms with van der Waals surface area (Å²) in [5, 5.41) is 0. The smallest absolute Gasteiger partial charge is 0.478 e. The van der Waals surface area contributed by atoms with Crippen LogP contribution < -0.4 is 14.4 Å². The number of fused-ring (bicyclic) bond motifs is 3. The molecule has 0 unspecified atom stereocenters. The molecular formula is C21H49O12Si7-3. The lowest BCUT2D eigenvalue weighted by molar-refractivity contribution is -0.282. The molecule has 3 rings (SSSR count). The summed E-state index contributed by atoms with van der Waals surface area (Å²) in [5.74, 6) is 0. The second kappa shape index (κ2) is 14.0. The maximum atomic E-state index is 14.6. The first kappa shape index (κ1) is 35.5. The van der Waals surface area contributed by atoms with Crippen LogP contribution in [0.5, 0.6) is 0 Å². The first-order valence-electron chi connectivity index (χ1n) is 15.2. The Hall–Kier alpha value is 1.04. The highest BCUT2D eigenvalue weighted by Crippen LogP contribution is 2.46. The van der Waals surface area contributed by atoms with Crippen molar-refractivity contribution in [2.24, 2.45) is 0 Å². The van der Waals surface area contributed by atoms with Gasteiger partial charge in [0, 0.05) is 24.2 Å². The Labute approximate surface area is 248 Å². The molecule has 0 atom stereocenters. The fourth-order valence-electron chi connectivity index (χ4n) is 5.51. The van der Waals surface area contributed by atoms with Gasteiger partial charge >= 0.3 is 35.2 Å². The van der Waals surface area contributed by atoms with Crippen LogP contribution in [-0.4, -0.2) is 61.6 Å². The molecule has 4 bridgehead atoms. The van der Waals surface area contributed by atoms with E-state index in [0.29, 0.717) is 51.0 Å². The van der Waals surface area contributed by atoms with E-state index in [2.05, 4.69) is 0 Å². The van der Waals surface area contributed by atoms with Crippen molar-refractivity contribution in [3.63, 3.8) is 0 Å². The SMILES string of the molecule is CCC[Si]1([O-])O[Si]2(CCC)O[Si]([O-])(CCC)O[Si]3(CCC)O[Si]([O-])(CCC)O[Si](CCC)(O1)O[Si](CCC)(O2)O3. The summed E-state index contributed by atoms with van der Waals surface area (Å²) >= 11 is 0. The molecule has 40 heavy (non-hydrogen) atoms. The fraction of sp³-hybridized carbons (Fsp3) is 1.00. The van der Waals surface area contributed by atoms with Crippen LogP contribution in [0.4, 0.5) is 0 Å². The minimum absolute atomic E-state index is 0.0607. The summed E-state index contributed by atoms with van der Waals surface area (Å²) in [5.41, 5.74) is 0. The van der Waals surface area contributed by atoms with E-state index in [1.807, 2.05) is 48.5 Å². The minimum Gasteiger partial charge on any atom is -0.817 e. The van der Waals surface area contributed by atoms with E-state index >= 15 is 0 Å². The zero-order valence-electron chi connectivity index (χ0n) is 25.3. The van der Waals surface area contributed by atoms with Crippen LogP contribution in [0, 0.1) is 0 Å². The molecule has 3 fully saturated rings. The molecule has 0 radical (unpaired) electrons. The topological polar surface area (TPSA) is 152 Å². The van der Waals surface area contributed by atoms with E-state index in [-0.39, 0.29) is 36.3 Å². The Morgan fingerprint density at radius 2 is 0.475 bits per heavy atom. The van der Waals surface area contributed by atoms with Crippen molar-refractivity contribution < 1.29 is 51.4 Å². The maximum absolute atomic E-state index is 14.6. The van der Waals surface area contributed by atoms with Gasteiger partial charge in [0.25, 0.3) is 0 Å². The molecule has 0 N–H and O–H groups in total. The van der Waals surface area contributed by atoms with Crippen molar-refractivity contribution in [1.29, 1.82) is 0 Å². The normalized spacial score (nSPS) is 44.0. The molecule has 0 aliphatic carbocycles. The summed E-state index contributed by atoms with van der Waals surface area (Å²) < 4.78 is 59.6. The van der Waals surface area contributed by atoms with Crippen molar-refractivity contribution in [3.05, 3.63) is 0 Å². The molecule has 3 saturated heterocycles. The molecule has 19 heteroatoms. The second-order valence-corrected chi connectivity index (χ2v) is 31.4. The van der Waals surface area contributed by atoms with Crippen LogP contribution in [0.25, 0.3) is 0 Å². The van der Waals surface area contributed by atoms with Gasteiger partial charge in [-0.25, -0.2) is 0 Å². The average molecular weight is 690 g/mol. The van der Waals surface area contributed by atoms with Gasteiger partial charge < -0.3 is 51.4 Å². The maximum Gasteiger partial charge on any atom is 0.478 e. The van der Waals surface area contributed by atoms with Gasteiger partial charge in [-0.05, 0) is 18.1 Å². The van der Waals surface area contributed by atoms with Crippen LogP contribution in [0.1, 0.15) is 93.4 Å². The van der Waals surface area contributed by atoms with E-state index in [0.717, 1.165) is 0 Å². The van der Waals surface area contributed by atoms with Gasteiger partial charge in [-0.15, -0.1) is 0 Å².